The third-order valence-corrected chi connectivity index (χ3v) is 2.96. The third kappa shape index (κ3) is 2.63. The highest BCUT2D eigenvalue weighted by Gasteiger charge is 2.43. The van der Waals surface area contributed by atoms with Gasteiger partial charge in [-0.1, -0.05) is 18.2 Å². The third-order valence-electron chi connectivity index (χ3n) is 2.96. The number of para-hydroxylation sites is 1. The molecule has 0 atom stereocenters. The second-order valence-corrected chi connectivity index (χ2v) is 4.58. The molecule has 2 rings (SSSR count). The second kappa shape index (κ2) is 5.23. The van der Waals surface area contributed by atoms with E-state index in [2.05, 4.69) is 4.98 Å². The average molecular weight is 298 g/mol. The number of ether oxygens (including phenoxy) is 1. The van der Waals surface area contributed by atoms with E-state index in [-0.39, 0.29) is 11.6 Å². The van der Waals surface area contributed by atoms with Crippen molar-refractivity contribution in [3.63, 3.8) is 0 Å². The molecule has 7 heteroatoms. The van der Waals surface area contributed by atoms with Crippen molar-refractivity contribution < 1.29 is 22.7 Å². The molecule has 112 valence electrons. The van der Waals surface area contributed by atoms with Gasteiger partial charge in [-0.2, -0.15) is 13.2 Å². The number of hydrogen-bond acceptors (Lipinski definition) is 4. The highest BCUT2D eigenvalue weighted by atomic mass is 19.4. The number of methoxy groups -OCH3 is 1. The molecule has 0 fully saturated rings. The number of ketones is 1. The van der Waals surface area contributed by atoms with Crippen LogP contribution in [-0.4, -0.2) is 38.1 Å². The number of Topliss-reactive ketones (excluding diaryl/α,β-unsaturated/α-hetero) is 1. The van der Waals surface area contributed by atoms with E-state index in [1.165, 1.54) is 12.0 Å². The Morgan fingerprint density at radius 2 is 1.86 bits per heavy atom. The molecule has 4 nitrogen and oxygen atoms in total. The van der Waals surface area contributed by atoms with Gasteiger partial charge in [0.15, 0.2) is 0 Å². The van der Waals surface area contributed by atoms with Crippen LogP contribution < -0.4 is 9.64 Å². The summed E-state index contributed by atoms with van der Waals surface area (Å²) in [6.45, 7) is 0. The van der Waals surface area contributed by atoms with Gasteiger partial charge in [-0.15, -0.1) is 0 Å². The Kier molecular flexibility index (Phi) is 3.76. The number of carbonyl (C=O) groups excluding carboxylic acids is 1. The van der Waals surface area contributed by atoms with Gasteiger partial charge in [-0.05, 0) is 6.07 Å². The number of halogens is 3. The molecule has 0 unspecified atom stereocenters. The van der Waals surface area contributed by atoms with Gasteiger partial charge in [-0.3, -0.25) is 4.79 Å². The first kappa shape index (κ1) is 15.1. The number of benzene rings is 1. The van der Waals surface area contributed by atoms with Crippen LogP contribution in [0.3, 0.4) is 0 Å². The molecule has 0 aliphatic carbocycles. The van der Waals surface area contributed by atoms with Crippen LogP contribution in [0.15, 0.2) is 24.3 Å². The van der Waals surface area contributed by atoms with Crippen molar-refractivity contribution in [2.24, 2.45) is 0 Å². The summed E-state index contributed by atoms with van der Waals surface area (Å²) in [6, 6.07) is 6.64. The minimum Gasteiger partial charge on any atom is -0.480 e. The summed E-state index contributed by atoms with van der Waals surface area (Å²) in [5.74, 6) is -2.30. The zero-order valence-corrected chi connectivity index (χ0v) is 11.7. The van der Waals surface area contributed by atoms with Crippen LogP contribution >= 0.6 is 0 Å². The molecule has 0 spiro atoms. The van der Waals surface area contributed by atoms with Crippen molar-refractivity contribution in [1.29, 1.82) is 0 Å². The minimum atomic E-state index is -5.00. The lowest BCUT2D eigenvalue weighted by Crippen LogP contribution is -2.26. The highest BCUT2D eigenvalue weighted by molar-refractivity contribution is 6.12. The van der Waals surface area contributed by atoms with Crippen molar-refractivity contribution >= 4 is 22.4 Å². The molecule has 21 heavy (non-hydrogen) atoms. The number of alkyl halides is 3. The van der Waals surface area contributed by atoms with Crippen LogP contribution in [0, 0.1) is 0 Å². The number of nitrogens with zero attached hydrogens (tertiary/aromatic N) is 2. The van der Waals surface area contributed by atoms with E-state index in [1.807, 2.05) is 0 Å². The standard InChI is InChI=1S/C14H13F3N2O2/c1-19(2)11-8-6-4-5-7-9(8)18-13(21-3)10(11)12(20)14(15,16)17/h4-7H,1-3H3. The topological polar surface area (TPSA) is 42.4 Å². The molecular weight excluding hydrogens is 285 g/mol. The fourth-order valence-electron chi connectivity index (χ4n) is 2.13. The van der Waals surface area contributed by atoms with Crippen molar-refractivity contribution in [2.75, 3.05) is 26.1 Å². The summed E-state index contributed by atoms with van der Waals surface area (Å²) in [7, 11) is 4.31. The van der Waals surface area contributed by atoms with E-state index in [0.29, 0.717) is 10.9 Å². The Morgan fingerprint density at radius 3 is 2.38 bits per heavy atom. The number of aromatic nitrogens is 1. The SMILES string of the molecule is COc1nc2ccccc2c(N(C)C)c1C(=O)C(F)(F)F. The number of hydrogen-bond donors (Lipinski definition) is 0. The largest absolute Gasteiger partial charge is 0.480 e. The molecule has 1 heterocycles. The molecule has 0 bridgehead atoms. The molecule has 0 amide bonds. The predicted octanol–water partition coefficient (Wildman–Crippen LogP) is 3.05. The van der Waals surface area contributed by atoms with Gasteiger partial charge >= 0.3 is 6.18 Å². The second-order valence-electron chi connectivity index (χ2n) is 4.58. The summed E-state index contributed by atoms with van der Waals surface area (Å²) in [5, 5.41) is 0.455. The Hall–Kier alpha value is -2.31. The van der Waals surface area contributed by atoms with E-state index in [0.717, 1.165) is 0 Å². The molecule has 0 aliphatic heterocycles. The van der Waals surface area contributed by atoms with E-state index >= 15 is 0 Å². The van der Waals surface area contributed by atoms with Gasteiger partial charge < -0.3 is 9.64 Å². The maximum Gasteiger partial charge on any atom is 0.455 e. The number of pyridine rings is 1. The summed E-state index contributed by atoms with van der Waals surface area (Å²) in [5.41, 5.74) is 0.0187. The van der Waals surface area contributed by atoms with Gasteiger partial charge in [0, 0.05) is 19.5 Å². The Labute approximate surface area is 119 Å². The monoisotopic (exact) mass is 298 g/mol. The summed E-state index contributed by atoms with van der Waals surface area (Å²) in [6.07, 6.45) is -5.00. The molecule has 0 saturated heterocycles. The van der Waals surface area contributed by atoms with E-state index in [1.54, 1.807) is 38.4 Å². The van der Waals surface area contributed by atoms with Crippen molar-refractivity contribution in [1.82, 2.24) is 4.98 Å². The average Bonchev–Trinajstić information content (AvgIpc) is 2.42. The minimum absolute atomic E-state index is 0.139. The molecule has 0 aliphatic rings. The first-order valence-electron chi connectivity index (χ1n) is 6.03. The summed E-state index contributed by atoms with van der Waals surface area (Å²) in [4.78, 5) is 17.2. The van der Waals surface area contributed by atoms with Gasteiger partial charge in [0.1, 0.15) is 5.56 Å². The molecule has 1 aromatic heterocycles. The zero-order chi connectivity index (χ0) is 15.8. The van der Waals surface area contributed by atoms with E-state index < -0.39 is 17.5 Å². The van der Waals surface area contributed by atoms with E-state index in [9.17, 15) is 18.0 Å². The molecule has 0 N–H and O–H groups in total. The van der Waals surface area contributed by atoms with Crippen LogP contribution in [-0.2, 0) is 0 Å². The maximum absolute atomic E-state index is 12.8. The molecule has 0 radical (unpaired) electrons. The molecule has 1 aromatic carbocycles. The van der Waals surface area contributed by atoms with Crippen molar-refractivity contribution in [2.45, 2.75) is 6.18 Å². The van der Waals surface area contributed by atoms with E-state index in [4.69, 9.17) is 4.74 Å². The fourth-order valence-corrected chi connectivity index (χ4v) is 2.13. The Bertz CT molecular complexity index is 696. The number of anilines is 1. The first-order valence-corrected chi connectivity index (χ1v) is 6.03. The van der Waals surface area contributed by atoms with Gasteiger partial charge in [-0.25, -0.2) is 4.98 Å². The lowest BCUT2D eigenvalue weighted by Gasteiger charge is -2.21. The molecule has 0 saturated carbocycles. The van der Waals surface area contributed by atoms with Gasteiger partial charge in [0.05, 0.1) is 18.3 Å². The summed E-state index contributed by atoms with van der Waals surface area (Å²) >= 11 is 0. The smallest absolute Gasteiger partial charge is 0.455 e. The first-order chi connectivity index (χ1) is 9.77. The fraction of sp³-hybridized carbons (Fsp3) is 0.286. The number of fused-ring (bicyclic) bond motifs is 1. The van der Waals surface area contributed by atoms with Crippen LogP contribution in [0.25, 0.3) is 10.9 Å². The van der Waals surface area contributed by atoms with Crippen molar-refractivity contribution in [3.05, 3.63) is 29.8 Å². The van der Waals surface area contributed by atoms with Gasteiger partial charge in [0.25, 0.3) is 5.78 Å². The zero-order valence-electron chi connectivity index (χ0n) is 11.7. The maximum atomic E-state index is 12.8. The molecular formula is C14H13F3N2O2. The summed E-state index contributed by atoms with van der Waals surface area (Å²) < 4.78 is 43.4. The normalized spacial score (nSPS) is 11.5. The van der Waals surface area contributed by atoms with Gasteiger partial charge in [0.2, 0.25) is 5.88 Å². The predicted molar refractivity (Wildman–Crippen MR) is 73.0 cm³/mol. The lowest BCUT2D eigenvalue weighted by molar-refractivity contribution is -0.0886. The quantitative estimate of drug-likeness (QED) is 0.817. The molecule has 2 aromatic rings. The van der Waals surface area contributed by atoms with Crippen LogP contribution in [0.1, 0.15) is 10.4 Å². The number of carbonyl (C=O) groups is 1. The Balaban J connectivity index is 2.90. The highest BCUT2D eigenvalue weighted by Crippen LogP contribution is 2.38. The van der Waals surface area contributed by atoms with Crippen molar-refractivity contribution in [3.8, 4) is 5.88 Å². The van der Waals surface area contributed by atoms with Crippen LogP contribution in [0.4, 0.5) is 18.9 Å². The van der Waals surface area contributed by atoms with Crippen LogP contribution in [0.2, 0.25) is 0 Å². The Morgan fingerprint density at radius 1 is 1.24 bits per heavy atom. The number of rotatable bonds is 3. The lowest BCUT2D eigenvalue weighted by atomic mass is 10.0. The van der Waals surface area contributed by atoms with Crippen LogP contribution in [0.5, 0.6) is 5.88 Å².